The van der Waals surface area contributed by atoms with Gasteiger partial charge in [-0.1, -0.05) is 53.4 Å². The van der Waals surface area contributed by atoms with Crippen molar-refractivity contribution in [2.24, 2.45) is 11.8 Å². The van der Waals surface area contributed by atoms with Crippen LogP contribution in [0.25, 0.3) is 0 Å². The van der Waals surface area contributed by atoms with Crippen LogP contribution >= 0.6 is 0 Å². The number of hydrogen-bond acceptors (Lipinski definition) is 3. The monoisotopic (exact) mass is 330 g/mol. The van der Waals surface area contributed by atoms with Gasteiger partial charge in [-0.05, 0) is 31.1 Å². The Morgan fingerprint density at radius 1 is 0.826 bits per heavy atom. The van der Waals surface area contributed by atoms with Gasteiger partial charge in [0.05, 0.1) is 19.6 Å². The minimum Gasteiger partial charge on any atom is -0.481 e. The lowest BCUT2D eigenvalue weighted by Gasteiger charge is -2.24. The van der Waals surface area contributed by atoms with Gasteiger partial charge in [-0.3, -0.25) is 4.79 Å². The first-order valence-corrected chi connectivity index (χ1v) is 9.52. The van der Waals surface area contributed by atoms with Gasteiger partial charge in [-0.15, -0.1) is 0 Å². The van der Waals surface area contributed by atoms with E-state index in [1.807, 2.05) is 0 Å². The molecule has 0 heterocycles. The number of rotatable bonds is 16. The maximum absolute atomic E-state index is 10.8. The van der Waals surface area contributed by atoms with Crippen LogP contribution in [0.15, 0.2) is 0 Å². The maximum atomic E-state index is 10.8. The van der Waals surface area contributed by atoms with Crippen molar-refractivity contribution in [1.29, 1.82) is 0 Å². The van der Waals surface area contributed by atoms with E-state index >= 15 is 0 Å². The second-order valence-corrected chi connectivity index (χ2v) is 6.53. The van der Waals surface area contributed by atoms with Crippen molar-refractivity contribution < 1.29 is 19.4 Å². The fourth-order valence-electron chi connectivity index (χ4n) is 2.88. The highest BCUT2D eigenvalue weighted by Crippen LogP contribution is 2.18. The molecule has 0 amide bonds. The average molecular weight is 331 g/mol. The summed E-state index contributed by atoms with van der Waals surface area (Å²) in [5.41, 5.74) is 0. The molecule has 138 valence electrons. The summed E-state index contributed by atoms with van der Waals surface area (Å²) >= 11 is 0. The lowest BCUT2D eigenvalue weighted by Crippen LogP contribution is -2.25. The summed E-state index contributed by atoms with van der Waals surface area (Å²) in [5.74, 6) is 0.304. The lowest BCUT2D eigenvalue weighted by atomic mass is 9.99. The Kier molecular flexibility index (Phi) is 14.6. The third kappa shape index (κ3) is 12.5. The molecule has 0 radical (unpaired) electrons. The number of hydrogen-bond donors (Lipinski definition) is 1. The van der Waals surface area contributed by atoms with E-state index in [2.05, 4.69) is 27.7 Å². The zero-order valence-electron chi connectivity index (χ0n) is 15.7. The average Bonchev–Trinajstić information content (AvgIpc) is 2.52. The van der Waals surface area contributed by atoms with E-state index < -0.39 is 5.97 Å². The first-order valence-electron chi connectivity index (χ1n) is 9.52. The second-order valence-electron chi connectivity index (χ2n) is 6.53. The number of aliphatic carboxylic acids is 1. The molecule has 2 unspecified atom stereocenters. The van der Waals surface area contributed by atoms with Gasteiger partial charge < -0.3 is 14.6 Å². The molecule has 0 aromatic rings. The molecule has 4 heteroatoms. The molecule has 2 atom stereocenters. The largest absolute Gasteiger partial charge is 0.481 e. The Morgan fingerprint density at radius 3 is 1.74 bits per heavy atom. The van der Waals surface area contributed by atoms with Crippen LogP contribution in [-0.2, 0) is 14.3 Å². The minimum atomic E-state index is -0.790. The molecule has 23 heavy (non-hydrogen) atoms. The van der Waals surface area contributed by atoms with E-state index in [-0.39, 0.29) is 12.7 Å². The SMILES string of the molecule is CCCC(CC)COC(CCC(=O)O)OCC(CCC)CCC. The number of carboxylic acids is 1. The molecule has 0 fully saturated rings. The molecule has 0 spiro atoms. The first kappa shape index (κ1) is 22.4. The van der Waals surface area contributed by atoms with Crippen LogP contribution in [0.5, 0.6) is 0 Å². The quantitative estimate of drug-likeness (QED) is 0.393. The summed E-state index contributed by atoms with van der Waals surface area (Å²) in [6.07, 6.45) is 8.17. The predicted molar refractivity (Wildman–Crippen MR) is 94.6 cm³/mol. The summed E-state index contributed by atoms with van der Waals surface area (Å²) in [5, 5.41) is 8.90. The van der Waals surface area contributed by atoms with Gasteiger partial charge >= 0.3 is 5.97 Å². The van der Waals surface area contributed by atoms with Crippen LogP contribution in [0.3, 0.4) is 0 Å². The Morgan fingerprint density at radius 2 is 1.30 bits per heavy atom. The Balaban J connectivity index is 4.38. The van der Waals surface area contributed by atoms with Crippen molar-refractivity contribution in [2.45, 2.75) is 91.8 Å². The van der Waals surface area contributed by atoms with Crippen LogP contribution in [-0.4, -0.2) is 30.6 Å². The summed E-state index contributed by atoms with van der Waals surface area (Å²) < 4.78 is 11.9. The van der Waals surface area contributed by atoms with Crippen molar-refractivity contribution in [2.75, 3.05) is 13.2 Å². The van der Waals surface area contributed by atoms with E-state index in [1.165, 1.54) is 0 Å². The standard InChI is InChI=1S/C19H38O4/c1-5-9-16(8-4)14-22-19(13-12-18(20)21)23-15-17(10-6-2)11-7-3/h16-17,19H,5-15H2,1-4H3,(H,20,21). The van der Waals surface area contributed by atoms with Crippen LogP contribution in [0.2, 0.25) is 0 Å². The highest BCUT2D eigenvalue weighted by atomic mass is 16.7. The smallest absolute Gasteiger partial charge is 0.303 e. The van der Waals surface area contributed by atoms with Crippen LogP contribution in [0.1, 0.15) is 85.5 Å². The van der Waals surface area contributed by atoms with Gasteiger partial charge in [-0.2, -0.15) is 0 Å². The van der Waals surface area contributed by atoms with Gasteiger partial charge in [0.1, 0.15) is 0 Å². The van der Waals surface area contributed by atoms with Crippen molar-refractivity contribution in [3.63, 3.8) is 0 Å². The van der Waals surface area contributed by atoms with Crippen molar-refractivity contribution in [1.82, 2.24) is 0 Å². The molecule has 0 saturated heterocycles. The minimum absolute atomic E-state index is 0.0987. The number of carbonyl (C=O) groups is 1. The molecule has 0 aromatic heterocycles. The van der Waals surface area contributed by atoms with Gasteiger partial charge in [-0.25, -0.2) is 0 Å². The molecule has 1 N–H and O–H groups in total. The third-order valence-corrected chi connectivity index (χ3v) is 4.30. The zero-order valence-corrected chi connectivity index (χ0v) is 15.7. The van der Waals surface area contributed by atoms with Crippen LogP contribution < -0.4 is 0 Å². The fourth-order valence-corrected chi connectivity index (χ4v) is 2.88. The van der Waals surface area contributed by atoms with E-state index in [9.17, 15) is 4.79 Å². The highest BCUT2D eigenvalue weighted by Gasteiger charge is 2.17. The normalized spacial score (nSPS) is 14.1. The molecular formula is C19H38O4. The Hall–Kier alpha value is -0.610. The van der Waals surface area contributed by atoms with Crippen molar-refractivity contribution in [3.05, 3.63) is 0 Å². The molecule has 0 aliphatic carbocycles. The molecule has 0 aliphatic heterocycles. The van der Waals surface area contributed by atoms with Gasteiger partial charge in [0.25, 0.3) is 0 Å². The van der Waals surface area contributed by atoms with E-state index in [0.29, 0.717) is 31.5 Å². The number of ether oxygens (including phenoxy) is 2. The van der Waals surface area contributed by atoms with E-state index in [4.69, 9.17) is 14.6 Å². The summed E-state index contributed by atoms with van der Waals surface area (Å²) in [4.78, 5) is 10.8. The molecule has 0 aliphatic rings. The first-order chi connectivity index (χ1) is 11.1. The van der Waals surface area contributed by atoms with Gasteiger partial charge in [0.2, 0.25) is 0 Å². The van der Waals surface area contributed by atoms with Gasteiger partial charge in [0, 0.05) is 6.42 Å². The second kappa shape index (κ2) is 14.9. The van der Waals surface area contributed by atoms with E-state index in [1.54, 1.807) is 0 Å². The molecule has 4 nitrogen and oxygen atoms in total. The Bertz CT molecular complexity index is 275. The zero-order chi connectivity index (χ0) is 17.5. The van der Waals surface area contributed by atoms with E-state index in [0.717, 1.165) is 44.9 Å². The molecule has 0 aromatic carbocycles. The summed E-state index contributed by atoms with van der Waals surface area (Å²) in [7, 11) is 0. The van der Waals surface area contributed by atoms with Crippen LogP contribution in [0.4, 0.5) is 0 Å². The molecular weight excluding hydrogens is 292 g/mol. The van der Waals surface area contributed by atoms with Crippen LogP contribution in [0, 0.1) is 11.8 Å². The molecule has 0 saturated carbocycles. The molecule has 0 rings (SSSR count). The topological polar surface area (TPSA) is 55.8 Å². The number of carboxylic acid groups (broad SMARTS) is 1. The Labute approximate surface area is 142 Å². The third-order valence-electron chi connectivity index (χ3n) is 4.30. The highest BCUT2D eigenvalue weighted by molar-refractivity contribution is 5.66. The lowest BCUT2D eigenvalue weighted by molar-refractivity contribution is -0.167. The van der Waals surface area contributed by atoms with Gasteiger partial charge in [0.15, 0.2) is 6.29 Å². The van der Waals surface area contributed by atoms with Crippen molar-refractivity contribution in [3.8, 4) is 0 Å². The maximum Gasteiger partial charge on any atom is 0.303 e. The fraction of sp³-hybridized carbons (Fsp3) is 0.947. The summed E-state index contributed by atoms with van der Waals surface area (Å²) in [6, 6.07) is 0. The summed E-state index contributed by atoms with van der Waals surface area (Å²) in [6.45, 7) is 10.1. The van der Waals surface area contributed by atoms with Crippen molar-refractivity contribution >= 4 is 5.97 Å². The molecule has 0 bridgehead atoms. The predicted octanol–water partition coefficient (Wildman–Crippen LogP) is 5.25.